The summed E-state index contributed by atoms with van der Waals surface area (Å²) in [6.07, 6.45) is 0.644. The van der Waals surface area contributed by atoms with E-state index in [1.165, 1.54) is 12.1 Å². The van der Waals surface area contributed by atoms with Gasteiger partial charge in [-0.05, 0) is 37.6 Å². The van der Waals surface area contributed by atoms with Crippen molar-refractivity contribution in [2.24, 2.45) is 5.73 Å². The van der Waals surface area contributed by atoms with Gasteiger partial charge in [-0.25, -0.2) is 13.1 Å². The van der Waals surface area contributed by atoms with Gasteiger partial charge in [0.25, 0.3) is 0 Å². The summed E-state index contributed by atoms with van der Waals surface area (Å²) in [6.45, 7) is 4.26. The predicted octanol–water partition coefficient (Wildman–Crippen LogP) is 0.729. The van der Waals surface area contributed by atoms with E-state index in [4.69, 9.17) is 15.2 Å². The fraction of sp³-hybridized carbons (Fsp3) is 0.538. The monoisotopic (exact) mass is 302 g/mol. The van der Waals surface area contributed by atoms with Crippen LogP contribution in [-0.2, 0) is 14.8 Å². The topological polar surface area (TPSA) is 90.6 Å². The minimum atomic E-state index is -3.47. The van der Waals surface area contributed by atoms with E-state index in [9.17, 15) is 8.42 Å². The highest BCUT2D eigenvalue weighted by atomic mass is 32.2. The summed E-state index contributed by atoms with van der Waals surface area (Å²) >= 11 is 0. The highest BCUT2D eigenvalue weighted by Gasteiger charge is 2.12. The molecule has 0 atom stereocenters. The average Bonchev–Trinajstić information content (AvgIpc) is 2.45. The van der Waals surface area contributed by atoms with E-state index in [2.05, 4.69) is 4.72 Å². The molecule has 0 fully saturated rings. The van der Waals surface area contributed by atoms with Crippen LogP contribution in [0.15, 0.2) is 29.2 Å². The molecule has 7 heteroatoms. The lowest BCUT2D eigenvalue weighted by molar-refractivity contribution is 0.146. The van der Waals surface area contributed by atoms with E-state index in [0.717, 1.165) is 0 Å². The Morgan fingerprint density at radius 1 is 1.20 bits per heavy atom. The first-order valence-corrected chi connectivity index (χ1v) is 8.09. The van der Waals surface area contributed by atoms with Crippen LogP contribution >= 0.6 is 0 Å². The van der Waals surface area contributed by atoms with Crippen LogP contribution in [0, 0.1) is 0 Å². The van der Waals surface area contributed by atoms with Crippen molar-refractivity contribution in [3.05, 3.63) is 24.3 Å². The van der Waals surface area contributed by atoms with Crippen molar-refractivity contribution in [3.63, 3.8) is 0 Å². The summed E-state index contributed by atoms with van der Waals surface area (Å²) in [6, 6.07) is 6.25. The summed E-state index contributed by atoms with van der Waals surface area (Å²) in [5.74, 6) is 0.603. The van der Waals surface area contributed by atoms with Crippen LogP contribution in [-0.4, -0.2) is 41.3 Å². The summed E-state index contributed by atoms with van der Waals surface area (Å²) < 4.78 is 36.9. The van der Waals surface area contributed by atoms with Crippen LogP contribution in [0.5, 0.6) is 5.75 Å². The van der Waals surface area contributed by atoms with E-state index in [-0.39, 0.29) is 4.90 Å². The number of sulfonamides is 1. The molecule has 0 heterocycles. The summed E-state index contributed by atoms with van der Waals surface area (Å²) in [5.41, 5.74) is 5.32. The molecule has 6 nitrogen and oxygen atoms in total. The molecule has 0 aliphatic heterocycles. The van der Waals surface area contributed by atoms with Crippen LogP contribution < -0.4 is 15.2 Å². The third-order valence-corrected chi connectivity index (χ3v) is 3.96. The molecule has 0 saturated heterocycles. The quantitative estimate of drug-likeness (QED) is 0.622. The molecule has 1 rings (SSSR count). The molecule has 0 unspecified atom stereocenters. The van der Waals surface area contributed by atoms with E-state index < -0.39 is 10.0 Å². The van der Waals surface area contributed by atoms with Crippen LogP contribution in [0.1, 0.15) is 13.3 Å². The number of benzene rings is 1. The van der Waals surface area contributed by atoms with Gasteiger partial charge in [-0.2, -0.15) is 0 Å². The number of nitrogens with one attached hydrogen (secondary N) is 1. The first-order chi connectivity index (χ1) is 9.60. The van der Waals surface area contributed by atoms with Gasteiger partial charge in [0.2, 0.25) is 10.0 Å². The number of ether oxygens (including phenoxy) is 2. The molecule has 0 bridgehead atoms. The molecule has 1 aromatic rings. The second-order valence-electron chi connectivity index (χ2n) is 4.06. The van der Waals surface area contributed by atoms with Crippen molar-refractivity contribution < 1.29 is 17.9 Å². The third-order valence-electron chi connectivity index (χ3n) is 2.48. The number of nitrogens with two attached hydrogens (primary N) is 1. The summed E-state index contributed by atoms with van der Waals surface area (Å²) in [5, 5.41) is 0. The molecule has 0 radical (unpaired) electrons. The Balaban J connectivity index is 2.50. The van der Waals surface area contributed by atoms with Crippen molar-refractivity contribution >= 4 is 10.0 Å². The van der Waals surface area contributed by atoms with Gasteiger partial charge in [-0.15, -0.1) is 0 Å². The van der Waals surface area contributed by atoms with Crippen molar-refractivity contribution in [3.8, 4) is 5.75 Å². The predicted molar refractivity (Wildman–Crippen MR) is 77.3 cm³/mol. The highest BCUT2D eigenvalue weighted by molar-refractivity contribution is 7.89. The fourth-order valence-corrected chi connectivity index (χ4v) is 2.57. The van der Waals surface area contributed by atoms with Gasteiger partial charge in [0.15, 0.2) is 0 Å². The largest absolute Gasteiger partial charge is 0.492 e. The maximum Gasteiger partial charge on any atom is 0.240 e. The molecular formula is C13H22N2O4S. The van der Waals surface area contributed by atoms with Gasteiger partial charge in [-0.1, -0.05) is 0 Å². The number of rotatable bonds is 10. The zero-order chi connectivity index (χ0) is 14.8. The van der Waals surface area contributed by atoms with Crippen molar-refractivity contribution in [2.75, 3.05) is 32.9 Å². The first-order valence-electron chi connectivity index (χ1n) is 6.60. The summed E-state index contributed by atoms with van der Waals surface area (Å²) in [4.78, 5) is 0.217. The SMILES string of the molecule is CCOCCCNS(=O)(=O)c1ccc(OCCN)cc1. The zero-order valence-corrected chi connectivity index (χ0v) is 12.5. The van der Waals surface area contributed by atoms with E-state index in [1.807, 2.05) is 6.92 Å². The lowest BCUT2D eigenvalue weighted by Gasteiger charge is -2.08. The molecule has 114 valence electrons. The Hall–Kier alpha value is -1.15. The Bertz CT molecular complexity index is 474. The molecule has 0 spiro atoms. The number of hydrogen-bond acceptors (Lipinski definition) is 5. The van der Waals surface area contributed by atoms with Crippen LogP contribution in [0.2, 0.25) is 0 Å². The molecule has 1 aromatic carbocycles. The average molecular weight is 302 g/mol. The lowest BCUT2D eigenvalue weighted by Crippen LogP contribution is -2.25. The smallest absolute Gasteiger partial charge is 0.240 e. The molecule has 0 aromatic heterocycles. The van der Waals surface area contributed by atoms with Gasteiger partial charge in [-0.3, -0.25) is 0 Å². The zero-order valence-electron chi connectivity index (χ0n) is 11.7. The van der Waals surface area contributed by atoms with Crippen molar-refractivity contribution in [2.45, 2.75) is 18.2 Å². The van der Waals surface area contributed by atoms with Gasteiger partial charge in [0.05, 0.1) is 4.90 Å². The Morgan fingerprint density at radius 2 is 1.90 bits per heavy atom. The molecule has 3 N–H and O–H groups in total. The van der Waals surface area contributed by atoms with Gasteiger partial charge in [0.1, 0.15) is 12.4 Å². The van der Waals surface area contributed by atoms with E-state index in [1.54, 1.807) is 12.1 Å². The molecule has 0 aliphatic rings. The minimum absolute atomic E-state index is 0.217. The van der Waals surface area contributed by atoms with Crippen molar-refractivity contribution in [1.29, 1.82) is 0 Å². The Morgan fingerprint density at radius 3 is 2.50 bits per heavy atom. The van der Waals surface area contributed by atoms with Gasteiger partial charge in [0, 0.05) is 26.3 Å². The Labute approximate surface area is 120 Å². The standard InChI is InChI=1S/C13H22N2O4S/c1-2-18-10-3-9-15-20(16,17)13-6-4-12(5-7-13)19-11-8-14/h4-7,15H,2-3,8-11,14H2,1H3. The lowest BCUT2D eigenvalue weighted by atomic mass is 10.3. The van der Waals surface area contributed by atoms with E-state index >= 15 is 0 Å². The molecule has 0 amide bonds. The Kier molecular flexibility index (Phi) is 7.53. The summed E-state index contributed by atoms with van der Waals surface area (Å²) in [7, 11) is -3.47. The maximum absolute atomic E-state index is 12.0. The van der Waals surface area contributed by atoms with Gasteiger partial charge < -0.3 is 15.2 Å². The van der Waals surface area contributed by atoms with Crippen LogP contribution in [0.4, 0.5) is 0 Å². The molecule has 20 heavy (non-hydrogen) atoms. The normalized spacial score (nSPS) is 11.5. The third kappa shape index (κ3) is 5.87. The fourth-order valence-electron chi connectivity index (χ4n) is 1.50. The van der Waals surface area contributed by atoms with E-state index in [0.29, 0.717) is 45.1 Å². The molecule has 0 saturated carbocycles. The molecular weight excluding hydrogens is 280 g/mol. The van der Waals surface area contributed by atoms with Gasteiger partial charge >= 0.3 is 0 Å². The highest BCUT2D eigenvalue weighted by Crippen LogP contribution is 2.15. The maximum atomic E-state index is 12.0. The van der Waals surface area contributed by atoms with Crippen molar-refractivity contribution in [1.82, 2.24) is 4.72 Å². The van der Waals surface area contributed by atoms with Crippen LogP contribution in [0.25, 0.3) is 0 Å². The second kappa shape index (κ2) is 8.91. The van der Waals surface area contributed by atoms with Crippen LogP contribution in [0.3, 0.4) is 0 Å². The second-order valence-corrected chi connectivity index (χ2v) is 5.82. The molecule has 0 aliphatic carbocycles. The minimum Gasteiger partial charge on any atom is -0.492 e. The number of hydrogen-bond donors (Lipinski definition) is 2. The first kappa shape index (κ1) is 16.9.